The molecule has 27 heavy (non-hydrogen) atoms. The van der Waals surface area contributed by atoms with Gasteiger partial charge in [0.25, 0.3) is 0 Å². The van der Waals surface area contributed by atoms with Crippen LogP contribution in [0.5, 0.6) is 5.75 Å². The minimum atomic E-state index is -0.344. The van der Waals surface area contributed by atoms with Crippen molar-refractivity contribution >= 4 is 12.2 Å². The summed E-state index contributed by atoms with van der Waals surface area (Å²) in [5, 5.41) is 21.2. The molecule has 0 atom stereocenters. The molecule has 1 aliphatic rings. The van der Waals surface area contributed by atoms with Crippen LogP contribution in [0.1, 0.15) is 50.9 Å². The molecule has 0 bridgehead atoms. The number of hydrogen-bond donors (Lipinski definition) is 2. The van der Waals surface area contributed by atoms with Crippen molar-refractivity contribution in [3.63, 3.8) is 0 Å². The fourth-order valence-corrected chi connectivity index (χ4v) is 3.63. The van der Waals surface area contributed by atoms with Crippen molar-refractivity contribution in [2.75, 3.05) is 0 Å². The molecular formula is C23H28N2O2. The van der Waals surface area contributed by atoms with E-state index in [1.54, 1.807) is 12.1 Å². The molecule has 0 aliphatic carbocycles. The van der Waals surface area contributed by atoms with E-state index in [0.717, 1.165) is 24.1 Å². The second-order valence-electron chi connectivity index (χ2n) is 8.21. The molecule has 2 N–H and O–H groups in total. The molecule has 0 spiro atoms. The van der Waals surface area contributed by atoms with E-state index in [-0.39, 0.29) is 16.8 Å². The van der Waals surface area contributed by atoms with Crippen molar-refractivity contribution in [2.45, 2.75) is 51.6 Å². The predicted molar refractivity (Wildman–Crippen MR) is 109 cm³/mol. The summed E-state index contributed by atoms with van der Waals surface area (Å²) in [6.07, 6.45) is 9.83. The van der Waals surface area contributed by atoms with Crippen LogP contribution in [0.3, 0.4) is 0 Å². The average molecular weight is 364 g/mol. The Labute approximate surface area is 161 Å². The Morgan fingerprint density at radius 1 is 0.963 bits per heavy atom. The van der Waals surface area contributed by atoms with E-state index in [4.69, 9.17) is 0 Å². The third kappa shape index (κ3) is 4.29. The smallest absolute Gasteiger partial charge is 0.115 e. The monoisotopic (exact) mass is 364 g/mol. The number of benzene rings is 1. The molecular weight excluding hydrogens is 336 g/mol. The van der Waals surface area contributed by atoms with Crippen LogP contribution in [0.15, 0.2) is 54.2 Å². The van der Waals surface area contributed by atoms with E-state index in [1.807, 2.05) is 50.4 Å². The number of phenols is 1. The van der Waals surface area contributed by atoms with Crippen LogP contribution in [0, 0.1) is 0 Å². The number of rotatable bonds is 5. The van der Waals surface area contributed by atoms with Crippen LogP contribution < -0.4 is 0 Å². The van der Waals surface area contributed by atoms with Crippen LogP contribution in [0.2, 0.25) is 0 Å². The molecule has 2 heterocycles. The summed E-state index contributed by atoms with van der Waals surface area (Å²) in [7, 11) is 0. The van der Waals surface area contributed by atoms with Crippen LogP contribution in [-0.4, -0.2) is 31.4 Å². The number of hydroxylamine groups is 2. The standard InChI is InChI=1S/C23H28N2O2/c1-22(2)15-19(23(3,4)25(22)27)10-5-18-7-12-20(24-16-18)11-6-17-8-13-21(26)14-9-17/h6-9,11-16,26-27H,5,10H2,1-4H3/b11-6+. The van der Waals surface area contributed by atoms with Crippen LogP contribution in [0.25, 0.3) is 12.2 Å². The molecule has 0 unspecified atom stereocenters. The molecule has 1 aromatic carbocycles. The first kappa shape index (κ1) is 19.3. The summed E-state index contributed by atoms with van der Waals surface area (Å²) < 4.78 is 0. The van der Waals surface area contributed by atoms with Gasteiger partial charge in [0, 0.05) is 6.20 Å². The highest BCUT2D eigenvalue weighted by molar-refractivity contribution is 5.68. The van der Waals surface area contributed by atoms with Gasteiger partial charge in [-0.15, -0.1) is 0 Å². The fraction of sp³-hybridized carbons (Fsp3) is 0.348. The lowest BCUT2D eigenvalue weighted by Crippen LogP contribution is -2.47. The molecule has 0 saturated heterocycles. The van der Waals surface area contributed by atoms with Crippen molar-refractivity contribution in [1.82, 2.24) is 10.0 Å². The van der Waals surface area contributed by atoms with E-state index in [9.17, 15) is 10.3 Å². The van der Waals surface area contributed by atoms with Gasteiger partial charge in [0.2, 0.25) is 0 Å². The summed E-state index contributed by atoms with van der Waals surface area (Å²) in [4.78, 5) is 4.52. The van der Waals surface area contributed by atoms with E-state index in [1.165, 1.54) is 16.2 Å². The SMILES string of the molecule is CC1(C)C=C(CCc2ccc(/C=C/c3ccc(O)cc3)nc2)C(C)(C)N1O. The second kappa shape index (κ2) is 7.29. The highest BCUT2D eigenvalue weighted by Gasteiger charge is 2.44. The van der Waals surface area contributed by atoms with Crippen molar-refractivity contribution in [2.24, 2.45) is 0 Å². The van der Waals surface area contributed by atoms with Gasteiger partial charge in [-0.05, 0) is 75.9 Å². The highest BCUT2D eigenvalue weighted by Crippen LogP contribution is 2.40. The third-order valence-electron chi connectivity index (χ3n) is 5.26. The quantitative estimate of drug-likeness (QED) is 0.727. The fourth-order valence-electron chi connectivity index (χ4n) is 3.63. The van der Waals surface area contributed by atoms with Crippen molar-refractivity contribution < 1.29 is 10.3 Å². The van der Waals surface area contributed by atoms with E-state index in [2.05, 4.69) is 31.0 Å². The van der Waals surface area contributed by atoms with Gasteiger partial charge in [-0.1, -0.05) is 35.9 Å². The van der Waals surface area contributed by atoms with Gasteiger partial charge in [0.15, 0.2) is 0 Å². The Morgan fingerprint density at radius 2 is 1.67 bits per heavy atom. The minimum absolute atomic E-state index is 0.267. The van der Waals surface area contributed by atoms with Gasteiger partial charge in [-0.2, -0.15) is 5.06 Å². The Bertz CT molecular complexity index is 847. The molecule has 3 rings (SSSR count). The van der Waals surface area contributed by atoms with Gasteiger partial charge >= 0.3 is 0 Å². The first-order chi connectivity index (χ1) is 12.7. The number of phenolic OH excluding ortho intramolecular Hbond substituents is 1. The summed E-state index contributed by atoms with van der Waals surface area (Å²) >= 11 is 0. The third-order valence-corrected chi connectivity index (χ3v) is 5.26. The van der Waals surface area contributed by atoms with Crippen molar-refractivity contribution in [3.05, 3.63) is 71.1 Å². The molecule has 1 aliphatic heterocycles. The maximum atomic E-state index is 10.4. The molecule has 4 heteroatoms. The van der Waals surface area contributed by atoms with Crippen molar-refractivity contribution in [1.29, 1.82) is 0 Å². The summed E-state index contributed by atoms with van der Waals surface area (Å²) in [6.45, 7) is 8.17. The topological polar surface area (TPSA) is 56.6 Å². The zero-order chi connectivity index (χ0) is 19.7. The highest BCUT2D eigenvalue weighted by atomic mass is 16.5. The van der Waals surface area contributed by atoms with E-state index >= 15 is 0 Å². The second-order valence-corrected chi connectivity index (χ2v) is 8.21. The van der Waals surface area contributed by atoms with Gasteiger partial charge in [0.05, 0.1) is 16.8 Å². The van der Waals surface area contributed by atoms with Crippen LogP contribution in [0.4, 0.5) is 0 Å². The molecule has 0 amide bonds. The number of hydrogen-bond acceptors (Lipinski definition) is 4. The maximum absolute atomic E-state index is 10.4. The largest absolute Gasteiger partial charge is 0.508 e. The van der Waals surface area contributed by atoms with Gasteiger partial charge < -0.3 is 10.3 Å². The lowest BCUT2D eigenvalue weighted by atomic mass is 9.91. The van der Waals surface area contributed by atoms with Crippen LogP contribution >= 0.6 is 0 Å². The average Bonchev–Trinajstić information content (AvgIpc) is 2.79. The van der Waals surface area contributed by atoms with Gasteiger partial charge in [0.1, 0.15) is 5.75 Å². The molecule has 0 saturated carbocycles. The lowest BCUT2D eigenvalue weighted by molar-refractivity contribution is -0.185. The number of aromatic nitrogens is 1. The summed E-state index contributed by atoms with van der Waals surface area (Å²) in [6, 6.07) is 11.2. The molecule has 0 radical (unpaired) electrons. The first-order valence-electron chi connectivity index (χ1n) is 9.32. The maximum Gasteiger partial charge on any atom is 0.115 e. The normalized spacial score (nSPS) is 18.8. The van der Waals surface area contributed by atoms with Crippen LogP contribution in [-0.2, 0) is 6.42 Å². The Morgan fingerprint density at radius 3 is 2.22 bits per heavy atom. The number of nitrogens with zero attached hydrogens (tertiary/aromatic N) is 2. The molecule has 2 aromatic rings. The molecule has 0 fully saturated rings. The van der Waals surface area contributed by atoms with Gasteiger partial charge in [-0.25, -0.2) is 0 Å². The number of pyridine rings is 1. The number of aryl methyl sites for hydroxylation is 1. The van der Waals surface area contributed by atoms with Crippen molar-refractivity contribution in [3.8, 4) is 5.75 Å². The van der Waals surface area contributed by atoms with Gasteiger partial charge in [-0.3, -0.25) is 4.98 Å². The Hall–Kier alpha value is -2.43. The first-order valence-corrected chi connectivity index (χ1v) is 9.32. The lowest BCUT2D eigenvalue weighted by Gasteiger charge is -2.36. The molecule has 1 aromatic heterocycles. The predicted octanol–water partition coefficient (Wildman–Crippen LogP) is 5.08. The molecule has 142 valence electrons. The Kier molecular flexibility index (Phi) is 5.22. The van der Waals surface area contributed by atoms with E-state index < -0.39 is 0 Å². The van der Waals surface area contributed by atoms with E-state index in [0.29, 0.717) is 0 Å². The summed E-state index contributed by atoms with van der Waals surface area (Å²) in [5.41, 5.74) is 3.68. The zero-order valence-electron chi connectivity index (χ0n) is 16.5. The number of aromatic hydroxyl groups is 1. The zero-order valence-corrected chi connectivity index (χ0v) is 16.5. The minimum Gasteiger partial charge on any atom is -0.508 e. The Balaban J connectivity index is 1.62. The summed E-state index contributed by atoms with van der Waals surface area (Å²) in [5.74, 6) is 0.267. The molecule has 4 nitrogen and oxygen atoms in total.